The monoisotopic (exact) mass is 417 g/mol. The molecular formula is C25H20ClNO3. The first kappa shape index (κ1) is 19.9. The summed E-state index contributed by atoms with van der Waals surface area (Å²) in [5.74, 6) is 0.232. The maximum atomic E-state index is 12.6. The Balaban J connectivity index is 1.64. The van der Waals surface area contributed by atoms with E-state index in [1.54, 1.807) is 42.5 Å². The molecule has 30 heavy (non-hydrogen) atoms. The van der Waals surface area contributed by atoms with Gasteiger partial charge in [0.15, 0.2) is 5.43 Å². The van der Waals surface area contributed by atoms with Gasteiger partial charge in [0, 0.05) is 27.9 Å². The summed E-state index contributed by atoms with van der Waals surface area (Å²) < 4.78 is 6.02. The van der Waals surface area contributed by atoms with Gasteiger partial charge in [-0.1, -0.05) is 35.9 Å². The second-order valence-electron chi connectivity index (χ2n) is 7.38. The summed E-state index contributed by atoms with van der Waals surface area (Å²) in [6.07, 6.45) is 0. The lowest BCUT2D eigenvalue weighted by Crippen LogP contribution is -2.12. The van der Waals surface area contributed by atoms with Crippen molar-refractivity contribution in [2.75, 3.05) is 5.32 Å². The first-order chi connectivity index (χ1) is 14.3. The van der Waals surface area contributed by atoms with Gasteiger partial charge in [0.05, 0.1) is 5.39 Å². The molecule has 0 unspecified atom stereocenters. The van der Waals surface area contributed by atoms with Crippen LogP contribution in [-0.2, 0) is 0 Å². The summed E-state index contributed by atoms with van der Waals surface area (Å²) in [6.45, 7) is 5.73. The molecule has 0 fully saturated rings. The number of anilines is 1. The van der Waals surface area contributed by atoms with Crippen molar-refractivity contribution in [1.82, 2.24) is 0 Å². The quantitative estimate of drug-likeness (QED) is 0.426. The summed E-state index contributed by atoms with van der Waals surface area (Å²) in [4.78, 5) is 25.2. The first-order valence-corrected chi connectivity index (χ1v) is 9.93. The Labute approximate surface area is 179 Å². The Kier molecular flexibility index (Phi) is 5.18. The molecule has 4 rings (SSSR count). The lowest BCUT2D eigenvalue weighted by Gasteiger charge is -2.10. The summed E-state index contributed by atoms with van der Waals surface area (Å²) in [5.41, 5.74) is 5.13. The highest BCUT2D eigenvalue weighted by molar-refractivity contribution is 6.31. The van der Waals surface area contributed by atoms with Crippen molar-refractivity contribution in [3.8, 4) is 11.3 Å². The van der Waals surface area contributed by atoms with Crippen LogP contribution in [0.3, 0.4) is 0 Å². The maximum absolute atomic E-state index is 12.6. The van der Waals surface area contributed by atoms with Crippen molar-refractivity contribution >= 4 is 34.2 Å². The molecule has 0 aliphatic carbocycles. The van der Waals surface area contributed by atoms with Gasteiger partial charge in [-0.3, -0.25) is 9.59 Å². The Hall–Kier alpha value is -3.37. The van der Waals surface area contributed by atoms with Crippen LogP contribution in [0.5, 0.6) is 0 Å². The Bertz CT molecular complexity index is 1340. The third-order valence-corrected chi connectivity index (χ3v) is 5.52. The molecule has 0 radical (unpaired) electrons. The number of carbonyl (C=O) groups is 1. The van der Waals surface area contributed by atoms with Crippen LogP contribution in [0.2, 0.25) is 5.02 Å². The normalized spacial score (nSPS) is 10.9. The van der Waals surface area contributed by atoms with Crippen molar-refractivity contribution in [1.29, 1.82) is 0 Å². The second kappa shape index (κ2) is 7.81. The molecule has 4 nitrogen and oxygen atoms in total. The van der Waals surface area contributed by atoms with Crippen LogP contribution in [0.25, 0.3) is 22.3 Å². The van der Waals surface area contributed by atoms with E-state index in [9.17, 15) is 9.59 Å². The van der Waals surface area contributed by atoms with Crippen molar-refractivity contribution in [2.45, 2.75) is 20.8 Å². The predicted molar refractivity (Wildman–Crippen MR) is 122 cm³/mol. The number of aryl methyl sites for hydroxylation is 2. The van der Waals surface area contributed by atoms with E-state index in [1.165, 1.54) is 6.07 Å². The molecule has 1 heterocycles. The standard InChI is InChI=1S/C25H20ClNO3/c1-14-11-15(2)24-19(12-14)22(28)13-23(30-24)17-7-9-18(10-8-17)25(29)27-21-6-4-5-20(26)16(21)3/h4-13H,1-3H3,(H,27,29). The number of fused-ring (bicyclic) bond motifs is 1. The molecule has 0 aliphatic rings. The van der Waals surface area contributed by atoms with Crippen molar-refractivity contribution in [3.63, 3.8) is 0 Å². The SMILES string of the molecule is Cc1cc(C)c2oc(-c3ccc(C(=O)Nc4cccc(Cl)c4C)cc3)cc(=O)c2c1. The fraction of sp³-hybridized carbons (Fsp3) is 0.120. The van der Waals surface area contributed by atoms with Gasteiger partial charge in [-0.2, -0.15) is 0 Å². The lowest BCUT2D eigenvalue weighted by atomic mass is 10.1. The Morgan fingerprint density at radius 3 is 2.43 bits per heavy atom. The molecule has 0 saturated heterocycles. The average molecular weight is 418 g/mol. The third kappa shape index (κ3) is 3.74. The van der Waals surface area contributed by atoms with E-state index in [2.05, 4.69) is 5.32 Å². The zero-order valence-corrected chi connectivity index (χ0v) is 17.6. The number of hydrogen-bond donors (Lipinski definition) is 1. The molecule has 1 aromatic heterocycles. The summed E-state index contributed by atoms with van der Waals surface area (Å²) in [5, 5.41) is 4.05. The van der Waals surface area contributed by atoms with E-state index >= 15 is 0 Å². The average Bonchev–Trinajstić information content (AvgIpc) is 2.72. The number of halogens is 1. The van der Waals surface area contributed by atoms with Gasteiger partial charge in [0.2, 0.25) is 0 Å². The number of rotatable bonds is 3. The molecule has 0 spiro atoms. The minimum atomic E-state index is -0.238. The van der Waals surface area contributed by atoms with E-state index in [1.807, 2.05) is 32.9 Å². The molecule has 5 heteroatoms. The summed E-state index contributed by atoms with van der Waals surface area (Å²) >= 11 is 6.12. The van der Waals surface area contributed by atoms with Gasteiger partial charge in [0.25, 0.3) is 5.91 Å². The number of amides is 1. The van der Waals surface area contributed by atoms with Gasteiger partial charge < -0.3 is 9.73 Å². The molecular weight excluding hydrogens is 398 g/mol. The zero-order chi connectivity index (χ0) is 21.4. The molecule has 3 aromatic carbocycles. The predicted octanol–water partition coefficient (Wildman–Crippen LogP) is 6.29. The van der Waals surface area contributed by atoms with Gasteiger partial charge in [0.1, 0.15) is 11.3 Å². The largest absolute Gasteiger partial charge is 0.456 e. The second-order valence-corrected chi connectivity index (χ2v) is 7.78. The Morgan fingerprint density at radius 2 is 1.70 bits per heavy atom. The lowest BCUT2D eigenvalue weighted by molar-refractivity contribution is 0.102. The van der Waals surface area contributed by atoms with Crippen LogP contribution in [0.1, 0.15) is 27.0 Å². The first-order valence-electron chi connectivity index (χ1n) is 9.55. The van der Waals surface area contributed by atoms with Gasteiger partial charge in [-0.15, -0.1) is 0 Å². The molecule has 1 N–H and O–H groups in total. The Morgan fingerprint density at radius 1 is 0.967 bits per heavy atom. The van der Waals surface area contributed by atoms with Crippen LogP contribution in [-0.4, -0.2) is 5.91 Å². The number of carbonyl (C=O) groups excluding carboxylic acids is 1. The molecule has 0 bridgehead atoms. The van der Waals surface area contributed by atoms with Crippen molar-refractivity contribution in [3.05, 3.63) is 98.2 Å². The van der Waals surface area contributed by atoms with Gasteiger partial charge in [-0.25, -0.2) is 0 Å². The highest BCUT2D eigenvalue weighted by Gasteiger charge is 2.12. The van der Waals surface area contributed by atoms with Gasteiger partial charge in [-0.05, 0) is 67.8 Å². The highest BCUT2D eigenvalue weighted by Crippen LogP contribution is 2.26. The van der Waals surface area contributed by atoms with E-state index in [-0.39, 0.29) is 11.3 Å². The fourth-order valence-corrected chi connectivity index (χ4v) is 3.65. The van der Waals surface area contributed by atoms with E-state index in [4.69, 9.17) is 16.0 Å². The fourth-order valence-electron chi connectivity index (χ4n) is 3.47. The minimum Gasteiger partial charge on any atom is -0.456 e. The zero-order valence-electron chi connectivity index (χ0n) is 16.9. The van der Waals surface area contributed by atoms with Crippen LogP contribution in [0, 0.1) is 20.8 Å². The van der Waals surface area contributed by atoms with Crippen molar-refractivity contribution in [2.24, 2.45) is 0 Å². The van der Waals surface area contributed by atoms with Crippen LogP contribution in [0.4, 0.5) is 5.69 Å². The van der Waals surface area contributed by atoms with Crippen molar-refractivity contribution < 1.29 is 9.21 Å². The smallest absolute Gasteiger partial charge is 0.255 e. The topological polar surface area (TPSA) is 59.3 Å². The molecule has 4 aromatic rings. The number of nitrogens with one attached hydrogen (secondary N) is 1. The van der Waals surface area contributed by atoms with E-state index < -0.39 is 0 Å². The molecule has 0 saturated carbocycles. The van der Waals surface area contributed by atoms with E-state index in [0.29, 0.717) is 33.0 Å². The van der Waals surface area contributed by atoms with Gasteiger partial charge >= 0.3 is 0 Å². The molecule has 0 atom stereocenters. The summed E-state index contributed by atoms with van der Waals surface area (Å²) in [7, 11) is 0. The molecule has 150 valence electrons. The third-order valence-electron chi connectivity index (χ3n) is 5.11. The minimum absolute atomic E-state index is 0.0868. The number of hydrogen-bond acceptors (Lipinski definition) is 3. The van der Waals surface area contributed by atoms with E-state index in [0.717, 1.165) is 22.3 Å². The summed E-state index contributed by atoms with van der Waals surface area (Å²) in [6, 6.07) is 17.6. The highest BCUT2D eigenvalue weighted by atomic mass is 35.5. The molecule has 0 aliphatic heterocycles. The van der Waals surface area contributed by atoms with Crippen LogP contribution in [0.15, 0.2) is 69.9 Å². The van der Waals surface area contributed by atoms with Crippen LogP contribution >= 0.6 is 11.6 Å². The van der Waals surface area contributed by atoms with Crippen LogP contribution < -0.4 is 10.7 Å². The maximum Gasteiger partial charge on any atom is 0.255 e. The number of benzene rings is 3. The molecule has 1 amide bonds.